The lowest BCUT2D eigenvalue weighted by atomic mass is 9.66. The van der Waals surface area contributed by atoms with E-state index in [-0.39, 0.29) is 0 Å². The third-order valence-corrected chi connectivity index (χ3v) is 5.54. The van der Waals surface area contributed by atoms with E-state index in [0.29, 0.717) is 11.3 Å². The molecule has 2 fully saturated rings. The van der Waals surface area contributed by atoms with Crippen molar-refractivity contribution in [2.45, 2.75) is 52.0 Å². The summed E-state index contributed by atoms with van der Waals surface area (Å²) in [4.78, 5) is 16.5. The van der Waals surface area contributed by atoms with Gasteiger partial charge in [-0.3, -0.25) is 9.69 Å². The molecule has 0 aromatic heterocycles. The minimum atomic E-state index is -0.602. The van der Waals surface area contributed by atoms with Crippen LogP contribution in [0.25, 0.3) is 0 Å². The van der Waals surface area contributed by atoms with Gasteiger partial charge in [0, 0.05) is 26.2 Å². The van der Waals surface area contributed by atoms with Crippen molar-refractivity contribution in [2.24, 2.45) is 11.3 Å². The summed E-state index contributed by atoms with van der Waals surface area (Å²) in [6, 6.07) is 0. The van der Waals surface area contributed by atoms with Gasteiger partial charge in [-0.1, -0.05) is 20.8 Å². The van der Waals surface area contributed by atoms with E-state index < -0.39 is 11.5 Å². The summed E-state index contributed by atoms with van der Waals surface area (Å²) in [7, 11) is 2.11. The van der Waals surface area contributed by atoms with Crippen molar-refractivity contribution in [3.05, 3.63) is 0 Å². The van der Waals surface area contributed by atoms with Crippen LogP contribution in [0.3, 0.4) is 0 Å². The standard InChI is InChI=1S/C16H30N2O2/c1-15(2,3)13-5-7-16(8-6-13,14(19)20)18-11-9-17(4)10-12-18/h13H,5-12H2,1-4H3,(H,19,20). The van der Waals surface area contributed by atoms with E-state index >= 15 is 0 Å². The number of hydrogen-bond acceptors (Lipinski definition) is 3. The Hall–Kier alpha value is -0.610. The van der Waals surface area contributed by atoms with Crippen LogP contribution in [0.1, 0.15) is 46.5 Å². The zero-order chi connectivity index (χ0) is 15.0. The van der Waals surface area contributed by atoms with Crippen molar-refractivity contribution in [1.29, 1.82) is 0 Å². The van der Waals surface area contributed by atoms with Gasteiger partial charge in [0.05, 0.1) is 0 Å². The van der Waals surface area contributed by atoms with Crippen molar-refractivity contribution < 1.29 is 9.90 Å². The highest BCUT2D eigenvalue weighted by atomic mass is 16.4. The van der Waals surface area contributed by atoms with E-state index in [0.717, 1.165) is 51.9 Å². The molecule has 0 radical (unpaired) electrons. The van der Waals surface area contributed by atoms with Crippen molar-refractivity contribution >= 4 is 5.97 Å². The van der Waals surface area contributed by atoms with Crippen LogP contribution in [0.4, 0.5) is 0 Å². The molecule has 116 valence electrons. The number of carboxylic acids is 1. The Morgan fingerprint density at radius 1 is 1.10 bits per heavy atom. The number of piperazine rings is 1. The molecule has 1 N–H and O–H groups in total. The minimum absolute atomic E-state index is 0.298. The van der Waals surface area contributed by atoms with E-state index in [2.05, 4.69) is 37.6 Å². The summed E-state index contributed by atoms with van der Waals surface area (Å²) in [5, 5.41) is 9.84. The Labute approximate surface area is 123 Å². The van der Waals surface area contributed by atoms with E-state index in [1.165, 1.54) is 0 Å². The maximum Gasteiger partial charge on any atom is 0.324 e. The number of carboxylic acid groups (broad SMARTS) is 1. The molecule has 1 heterocycles. The lowest BCUT2D eigenvalue weighted by Crippen LogP contribution is -2.61. The second-order valence-electron chi connectivity index (χ2n) is 7.77. The van der Waals surface area contributed by atoms with E-state index in [1.807, 2.05) is 0 Å². The number of nitrogens with zero attached hydrogens (tertiary/aromatic N) is 2. The summed E-state index contributed by atoms with van der Waals surface area (Å²) in [5.41, 5.74) is -0.296. The number of hydrogen-bond donors (Lipinski definition) is 1. The van der Waals surface area contributed by atoms with Gasteiger partial charge >= 0.3 is 5.97 Å². The Bertz CT molecular complexity index is 346. The quantitative estimate of drug-likeness (QED) is 0.844. The molecule has 2 aliphatic rings. The van der Waals surface area contributed by atoms with Gasteiger partial charge in [-0.15, -0.1) is 0 Å². The number of aliphatic carboxylic acids is 1. The Morgan fingerprint density at radius 3 is 2.00 bits per heavy atom. The van der Waals surface area contributed by atoms with Crippen molar-refractivity contribution in [3.63, 3.8) is 0 Å². The molecule has 4 heteroatoms. The molecule has 0 spiro atoms. The predicted octanol–water partition coefficient (Wildman–Crippen LogP) is 2.29. The minimum Gasteiger partial charge on any atom is -0.480 e. The summed E-state index contributed by atoms with van der Waals surface area (Å²) in [6.45, 7) is 10.6. The largest absolute Gasteiger partial charge is 0.480 e. The molecule has 0 aromatic rings. The third-order valence-electron chi connectivity index (χ3n) is 5.54. The molecule has 4 nitrogen and oxygen atoms in total. The molecule has 0 amide bonds. The van der Waals surface area contributed by atoms with Crippen LogP contribution < -0.4 is 0 Å². The lowest BCUT2D eigenvalue weighted by molar-refractivity contribution is -0.157. The molecule has 2 rings (SSSR count). The topological polar surface area (TPSA) is 43.8 Å². The van der Waals surface area contributed by atoms with Gasteiger partial charge in [0.25, 0.3) is 0 Å². The molecule has 0 unspecified atom stereocenters. The fraction of sp³-hybridized carbons (Fsp3) is 0.938. The van der Waals surface area contributed by atoms with Crippen LogP contribution in [0.5, 0.6) is 0 Å². The summed E-state index contributed by atoms with van der Waals surface area (Å²) in [5.74, 6) is 0.0526. The first-order valence-electron chi connectivity index (χ1n) is 7.93. The first kappa shape index (κ1) is 15.8. The molecule has 0 bridgehead atoms. The molecule has 1 aliphatic heterocycles. The number of likely N-dealkylation sites (N-methyl/N-ethyl adjacent to an activating group) is 1. The van der Waals surface area contributed by atoms with Gasteiger partial charge in [0.1, 0.15) is 5.54 Å². The van der Waals surface area contributed by atoms with E-state index in [9.17, 15) is 9.90 Å². The van der Waals surface area contributed by atoms with Crippen LogP contribution in [-0.4, -0.2) is 59.6 Å². The average molecular weight is 282 g/mol. The van der Waals surface area contributed by atoms with Crippen LogP contribution in [0.2, 0.25) is 0 Å². The lowest BCUT2D eigenvalue weighted by Gasteiger charge is -2.49. The molecule has 1 aliphatic carbocycles. The highest BCUT2D eigenvalue weighted by Gasteiger charge is 2.48. The molecular formula is C16H30N2O2. The van der Waals surface area contributed by atoms with Crippen LogP contribution in [-0.2, 0) is 4.79 Å². The monoisotopic (exact) mass is 282 g/mol. The van der Waals surface area contributed by atoms with Gasteiger partial charge in [-0.25, -0.2) is 0 Å². The molecule has 20 heavy (non-hydrogen) atoms. The predicted molar refractivity (Wildman–Crippen MR) is 80.8 cm³/mol. The van der Waals surface area contributed by atoms with Crippen molar-refractivity contribution in [1.82, 2.24) is 9.80 Å². The molecule has 0 aromatic carbocycles. The summed E-state index contributed by atoms with van der Waals surface area (Å²) in [6.07, 6.45) is 3.71. The Balaban J connectivity index is 2.08. The number of carbonyl (C=O) groups is 1. The van der Waals surface area contributed by atoms with E-state index in [1.54, 1.807) is 0 Å². The maximum atomic E-state index is 12.0. The smallest absolute Gasteiger partial charge is 0.324 e. The Kier molecular flexibility index (Phi) is 4.45. The van der Waals surface area contributed by atoms with Crippen molar-refractivity contribution in [2.75, 3.05) is 33.2 Å². The summed E-state index contributed by atoms with van der Waals surface area (Å²) >= 11 is 0. The normalized spacial score (nSPS) is 34.1. The maximum absolute atomic E-state index is 12.0. The van der Waals surface area contributed by atoms with Gasteiger partial charge in [-0.05, 0) is 44.1 Å². The van der Waals surface area contributed by atoms with Crippen LogP contribution in [0, 0.1) is 11.3 Å². The van der Waals surface area contributed by atoms with Crippen LogP contribution in [0.15, 0.2) is 0 Å². The fourth-order valence-electron chi connectivity index (χ4n) is 3.86. The highest BCUT2D eigenvalue weighted by Crippen LogP contribution is 2.44. The highest BCUT2D eigenvalue weighted by molar-refractivity contribution is 5.79. The third kappa shape index (κ3) is 3.01. The first-order chi connectivity index (χ1) is 9.25. The SMILES string of the molecule is CN1CCN(C2(C(=O)O)CCC(C(C)(C)C)CC2)CC1. The van der Waals surface area contributed by atoms with E-state index in [4.69, 9.17) is 0 Å². The first-order valence-corrected chi connectivity index (χ1v) is 7.93. The van der Waals surface area contributed by atoms with Gasteiger partial charge in [-0.2, -0.15) is 0 Å². The average Bonchev–Trinajstić information content (AvgIpc) is 2.38. The molecular weight excluding hydrogens is 252 g/mol. The van der Waals surface area contributed by atoms with Gasteiger partial charge in [0.15, 0.2) is 0 Å². The molecule has 0 atom stereocenters. The zero-order valence-electron chi connectivity index (χ0n) is 13.5. The second kappa shape index (κ2) is 5.64. The van der Waals surface area contributed by atoms with Gasteiger partial charge in [0.2, 0.25) is 0 Å². The molecule has 1 saturated carbocycles. The molecule has 1 saturated heterocycles. The Morgan fingerprint density at radius 2 is 1.60 bits per heavy atom. The zero-order valence-corrected chi connectivity index (χ0v) is 13.5. The van der Waals surface area contributed by atoms with Gasteiger partial charge < -0.3 is 10.0 Å². The van der Waals surface area contributed by atoms with Crippen LogP contribution >= 0.6 is 0 Å². The number of rotatable bonds is 2. The van der Waals surface area contributed by atoms with Crippen molar-refractivity contribution in [3.8, 4) is 0 Å². The second-order valence-corrected chi connectivity index (χ2v) is 7.77. The fourth-order valence-corrected chi connectivity index (χ4v) is 3.86. The summed E-state index contributed by atoms with van der Waals surface area (Å²) < 4.78 is 0.